The lowest BCUT2D eigenvalue weighted by Gasteiger charge is -2.62. The molecule has 1 N–H and O–H groups in total. The summed E-state index contributed by atoms with van der Waals surface area (Å²) in [5.74, 6) is 2.27. The van der Waals surface area contributed by atoms with Gasteiger partial charge in [0.05, 0.1) is 0 Å². The summed E-state index contributed by atoms with van der Waals surface area (Å²) in [6, 6.07) is 0. The Morgan fingerprint density at radius 3 is 2.76 bits per heavy atom. The van der Waals surface area contributed by atoms with E-state index in [0.717, 1.165) is 22.9 Å². The standard InChI is InChI=1S/C11H12ClN3OS/c12-10-13-7-1-2-17(16)8(7)9(14-10)15-11-3-6(4-11)5-11/h6H,1-5H2,(H,13,14,15)/t6?,11?,17-/m1/s1. The fraction of sp³-hybridized carbons (Fsp3) is 0.636. The molecule has 0 unspecified atom stereocenters. The van der Waals surface area contributed by atoms with Crippen LogP contribution in [0.1, 0.15) is 25.0 Å². The van der Waals surface area contributed by atoms with Crippen molar-refractivity contribution in [1.29, 1.82) is 0 Å². The molecule has 0 aromatic carbocycles. The fourth-order valence-corrected chi connectivity index (χ4v) is 4.63. The molecular formula is C11H12ClN3OS. The van der Waals surface area contributed by atoms with Gasteiger partial charge in [0.1, 0.15) is 11.4 Å². The number of hydrogen-bond acceptors (Lipinski definition) is 4. The second-order valence-corrected chi connectivity index (χ2v) is 7.15. The molecule has 0 saturated heterocycles. The number of nitrogens with zero attached hydrogens (tertiary/aromatic N) is 2. The number of hydrogen-bond donors (Lipinski definition) is 1. The summed E-state index contributed by atoms with van der Waals surface area (Å²) in [4.78, 5) is 9.20. The zero-order valence-corrected chi connectivity index (χ0v) is 10.8. The number of halogens is 1. The van der Waals surface area contributed by atoms with Crippen molar-refractivity contribution < 1.29 is 4.55 Å². The average molecular weight is 270 g/mol. The highest BCUT2D eigenvalue weighted by Gasteiger charge is 2.57. The van der Waals surface area contributed by atoms with Crippen molar-refractivity contribution >= 4 is 28.6 Å². The molecule has 1 aliphatic heterocycles. The molecule has 3 aliphatic carbocycles. The van der Waals surface area contributed by atoms with Crippen molar-refractivity contribution in [2.24, 2.45) is 5.92 Å². The predicted octanol–water partition coefficient (Wildman–Crippen LogP) is 1.76. The molecule has 5 rings (SSSR count). The first kappa shape index (κ1) is 10.4. The van der Waals surface area contributed by atoms with E-state index in [1.165, 1.54) is 19.3 Å². The van der Waals surface area contributed by atoms with Crippen LogP contribution >= 0.6 is 11.6 Å². The molecule has 1 aromatic heterocycles. The van der Waals surface area contributed by atoms with Gasteiger partial charge in [-0.3, -0.25) is 0 Å². The third-order valence-corrected chi connectivity index (χ3v) is 5.71. The molecule has 0 radical (unpaired) electrons. The minimum absolute atomic E-state index is 0.225. The molecular weight excluding hydrogens is 258 g/mol. The van der Waals surface area contributed by atoms with Crippen LogP contribution in [-0.2, 0) is 17.6 Å². The minimum atomic E-state index is -0.959. The molecule has 90 valence electrons. The van der Waals surface area contributed by atoms with Crippen LogP contribution in [-0.4, -0.2) is 25.8 Å². The van der Waals surface area contributed by atoms with E-state index in [1.54, 1.807) is 0 Å². The van der Waals surface area contributed by atoms with E-state index in [-0.39, 0.29) is 10.8 Å². The molecule has 4 aliphatic rings. The van der Waals surface area contributed by atoms with Crippen LogP contribution in [0.5, 0.6) is 0 Å². The number of anilines is 1. The number of aryl methyl sites for hydroxylation is 1. The SMILES string of the molecule is [O-][S@+]1CCc2nc(Cl)nc(NC34CC(C3)C4)c21. The zero-order valence-electron chi connectivity index (χ0n) is 9.20. The first-order valence-corrected chi connectivity index (χ1v) is 7.58. The summed E-state index contributed by atoms with van der Waals surface area (Å²) in [5.41, 5.74) is 1.08. The maximum absolute atomic E-state index is 12.0. The van der Waals surface area contributed by atoms with E-state index < -0.39 is 11.2 Å². The molecule has 4 nitrogen and oxygen atoms in total. The second kappa shape index (κ2) is 3.28. The van der Waals surface area contributed by atoms with Gasteiger partial charge in [0.15, 0.2) is 5.82 Å². The Morgan fingerprint density at radius 2 is 2.12 bits per heavy atom. The molecule has 6 heteroatoms. The van der Waals surface area contributed by atoms with Crippen molar-refractivity contribution in [1.82, 2.24) is 9.97 Å². The Kier molecular flexibility index (Phi) is 2.00. The normalized spacial score (nSPS) is 37.1. The molecule has 17 heavy (non-hydrogen) atoms. The smallest absolute Gasteiger partial charge is 0.224 e. The van der Waals surface area contributed by atoms with Gasteiger partial charge in [-0.05, 0) is 48.0 Å². The second-order valence-electron chi connectivity index (χ2n) is 5.30. The Balaban J connectivity index is 1.73. The average Bonchev–Trinajstić information content (AvgIpc) is 2.51. The maximum atomic E-state index is 12.0. The first-order valence-electron chi connectivity index (χ1n) is 5.88. The molecule has 2 bridgehead atoms. The van der Waals surface area contributed by atoms with Crippen LogP contribution < -0.4 is 5.32 Å². The van der Waals surface area contributed by atoms with E-state index in [2.05, 4.69) is 15.3 Å². The summed E-state index contributed by atoms with van der Waals surface area (Å²) in [7, 11) is 0. The Bertz CT molecular complexity index is 493. The quantitative estimate of drug-likeness (QED) is 0.656. The van der Waals surface area contributed by atoms with Crippen LogP contribution in [0.25, 0.3) is 0 Å². The number of aromatic nitrogens is 2. The van der Waals surface area contributed by atoms with Crippen molar-refractivity contribution in [3.8, 4) is 0 Å². The first-order chi connectivity index (χ1) is 8.15. The van der Waals surface area contributed by atoms with Crippen LogP contribution in [0.3, 0.4) is 0 Å². The minimum Gasteiger partial charge on any atom is -0.611 e. The van der Waals surface area contributed by atoms with Crippen molar-refractivity contribution in [3.63, 3.8) is 0 Å². The van der Waals surface area contributed by atoms with Gasteiger partial charge >= 0.3 is 0 Å². The van der Waals surface area contributed by atoms with Gasteiger partial charge in [0.2, 0.25) is 10.2 Å². The molecule has 2 heterocycles. The van der Waals surface area contributed by atoms with E-state index in [4.69, 9.17) is 11.6 Å². The Labute approximate surface area is 107 Å². The largest absolute Gasteiger partial charge is 0.611 e. The number of nitrogens with one attached hydrogen (secondary N) is 1. The van der Waals surface area contributed by atoms with Gasteiger partial charge < -0.3 is 9.87 Å². The highest BCUT2D eigenvalue weighted by atomic mass is 35.5. The fourth-order valence-electron chi connectivity index (χ4n) is 3.13. The Hall–Kier alpha value is -0.520. The summed E-state index contributed by atoms with van der Waals surface area (Å²) >= 11 is 4.96. The molecule has 3 fully saturated rings. The Morgan fingerprint density at radius 1 is 1.35 bits per heavy atom. The summed E-state index contributed by atoms with van der Waals surface area (Å²) in [5, 5.41) is 3.72. The van der Waals surface area contributed by atoms with E-state index in [1.807, 2.05) is 0 Å². The lowest BCUT2D eigenvalue weighted by atomic mass is 9.50. The van der Waals surface area contributed by atoms with Crippen molar-refractivity contribution in [2.75, 3.05) is 11.1 Å². The maximum Gasteiger partial charge on any atom is 0.224 e. The monoisotopic (exact) mass is 269 g/mol. The highest BCUT2D eigenvalue weighted by molar-refractivity contribution is 7.91. The van der Waals surface area contributed by atoms with Crippen LogP contribution in [0, 0.1) is 5.92 Å². The predicted molar refractivity (Wildman–Crippen MR) is 65.7 cm³/mol. The van der Waals surface area contributed by atoms with Crippen molar-refractivity contribution in [3.05, 3.63) is 11.0 Å². The van der Waals surface area contributed by atoms with E-state index >= 15 is 0 Å². The molecule has 1 atom stereocenters. The van der Waals surface area contributed by atoms with Gasteiger partial charge in [0, 0.05) is 12.0 Å². The lowest BCUT2D eigenvalue weighted by Crippen LogP contribution is -2.63. The van der Waals surface area contributed by atoms with Gasteiger partial charge in [-0.1, -0.05) is 0 Å². The van der Waals surface area contributed by atoms with Crippen LogP contribution in [0.4, 0.5) is 5.82 Å². The van der Waals surface area contributed by atoms with Crippen molar-refractivity contribution in [2.45, 2.75) is 36.1 Å². The molecule has 0 amide bonds. The summed E-state index contributed by atoms with van der Waals surface area (Å²) < 4.78 is 12.0. The highest BCUT2D eigenvalue weighted by Crippen LogP contribution is 2.58. The van der Waals surface area contributed by atoms with Gasteiger partial charge in [-0.25, -0.2) is 4.98 Å². The van der Waals surface area contributed by atoms with E-state index in [9.17, 15) is 4.55 Å². The third kappa shape index (κ3) is 1.42. The van der Waals surface area contributed by atoms with Crippen LogP contribution in [0.15, 0.2) is 4.90 Å². The zero-order chi connectivity index (χ0) is 11.6. The number of fused-ring (bicyclic) bond motifs is 1. The molecule has 1 aromatic rings. The molecule has 3 saturated carbocycles. The topological polar surface area (TPSA) is 60.9 Å². The summed E-state index contributed by atoms with van der Waals surface area (Å²) in [6.07, 6.45) is 4.40. The number of rotatable bonds is 2. The van der Waals surface area contributed by atoms with Gasteiger partial charge in [0.25, 0.3) is 0 Å². The van der Waals surface area contributed by atoms with Gasteiger partial charge in [-0.2, -0.15) is 4.98 Å². The molecule has 0 spiro atoms. The van der Waals surface area contributed by atoms with Crippen LogP contribution in [0.2, 0.25) is 5.28 Å². The summed E-state index contributed by atoms with van der Waals surface area (Å²) in [6.45, 7) is 0. The van der Waals surface area contributed by atoms with Gasteiger partial charge in [-0.15, -0.1) is 0 Å². The van der Waals surface area contributed by atoms with E-state index in [0.29, 0.717) is 11.6 Å². The lowest BCUT2D eigenvalue weighted by molar-refractivity contribution is 0.00157. The third-order valence-electron chi connectivity index (χ3n) is 4.08.